The van der Waals surface area contributed by atoms with E-state index in [0.29, 0.717) is 19.4 Å². The number of halogens is 2. The molecule has 1 aromatic heterocycles. The first-order chi connectivity index (χ1) is 14.7. The lowest BCUT2D eigenvalue weighted by molar-refractivity contribution is -0.114. The molecule has 1 aromatic carbocycles. The van der Waals surface area contributed by atoms with Crippen LogP contribution in [0.4, 0.5) is 15.9 Å². The smallest absolute Gasteiger partial charge is 0.330 e. The van der Waals surface area contributed by atoms with Gasteiger partial charge in [0.2, 0.25) is 0 Å². The van der Waals surface area contributed by atoms with E-state index in [-0.39, 0.29) is 34.6 Å². The lowest BCUT2D eigenvalue weighted by Gasteiger charge is -2.24. The first kappa shape index (κ1) is 24.4. The number of nitrogens with two attached hydrogens (primary N) is 1. The number of unbranched alkanes of at least 4 members (excludes halogenated alkanes) is 1. The molecule has 0 spiro atoms. The Labute approximate surface area is 185 Å². The molecule has 0 saturated heterocycles. The summed E-state index contributed by atoms with van der Waals surface area (Å²) in [6.07, 6.45) is 4.50. The number of nitrogens with zero attached hydrogens (tertiary/aromatic N) is 2. The zero-order valence-electron chi connectivity index (χ0n) is 18.0. The van der Waals surface area contributed by atoms with Gasteiger partial charge in [-0.05, 0) is 37.0 Å². The van der Waals surface area contributed by atoms with Crippen molar-refractivity contribution in [3.63, 3.8) is 0 Å². The van der Waals surface area contributed by atoms with Crippen molar-refractivity contribution in [1.29, 1.82) is 0 Å². The quantitative estimate of drug-likeness (QED) is 0.567. The van der Waals surface area contributed by atoms with Crippen LogP contribution in [0.25, 0.3) is 6.08 Å². The molecular weight excluding hydrogens is 423 g/mol. The molecule has 0 saturated carbocycles. The first-order valence-corrected chi connectivity index (χ1v) is 10.6. The molecule has 2 rings (SSSR count). The first-order valence-electron chi connectivity index (χ1n) is 10.2. The van der Waals surface area contributed by atoms with E-state index in [0.717, 1.165) is 12.5 Å². The van der Waals surface area contributed by atoms with Crippen molar-refractivity contribution < 1.29 is 9.18 Å². The number of nitrogen functional groups attached to an aromatic ring is 1. The predicted octanol–water partition coefficient (Wildman–Crippen LogP) is 3.80. The SMILES string of the molecule is CCCCn1c(N)c(N(CCC(C)C)C(=O)/C=C/c2c(F)cccc2Cl)c(=O)[nH]c1=O. The van der Waals surface area contributed by atoms with Crippen LogP contribution in [0.3, 0.4) is 0 Å². The molecule has 0 radical (unpaired) electrons. The molecule has 31 heavy (non-hydrogen) atoms. The average molecular weight is 451 g/mol. The number of carbonyl (C=O) groups is 1. The molecule has 3 N–H and O–H groups in total. The summed E-state index contributed by atoms with van der Waals surface area (Å²) in [5.74, 6) is -0.975. The van der Waals surface area contributed by atoms with Crippen LogP contribution >= 0.6 is 11.6 Å². The third-order valence-electron chi connectivity index (χ3n) is 4.81. The summed E-state index contributed by atoms with van der Waals surface area (Å²) in [5, 5.41) is 0.156. The molecule has 0 aliphatic carbocycles. The van der Waals surface area contributed by atoms with Gasteiger partial charge in [0.05, 0.1) is 5.02 Å². The molecular formula is C22H28ClFN4O3. The van der Waals surface area contributed by atoms with Crippen LogP contribution in [-0.2, 0) is 11.3 Å². The Morgan fingerprint density at radius 2 is 2.06 bits per heavy atom. The van der Waals surface area contributed by atoms with Crippen molar-refractivity contribution in [2.45, 2.75) is 46.6 Å². The highest BCUT2D eigenvalue weighted by Gasteiger charge is 2.23. The molecule has 0 bridgehead atoms. The van der Waals surface area contributed by atoms with E-state index in [1.807, 2.05) is 20.8 Å². The summed E-state index contributed by atoms with van der Waals surface area (Å²) >= 11 is 6.02. The Bertz CT molecular complexity index is 1060. The van der Waals surface area contributed by atoms with Crippen LogP contribution in [0.5, 0.6) is 0 Å². The minimum absolute atomic E-state index is 0.0659. The number of benzene rings is 1. The standard InChI is InChI=1S/C22H28ClFN4O3/c1-4-5-12-28-20(25)19(21(30)26-22(28)31)27(13-11-14(2)3)18(29)10-9-15-16(23)7-6-8-17(15)24/h6-10,14H,4-5,11-13,25H2,1-3H3,(H,26,30,31)/b10-9+. The fourth-order valence-electron chi connectivity index (χ4n) is 3.01. The maximum Gasteiger partial charge on any atom is 0.330 e. The number of H-pyrrole nitrogens is 1. The number of aromatic amines is 1. The third-order valence-corrected chi connectivity index (χ3v) is 5.14. The van der Waals surface area contributed by atoms with Crippen LogP contribution < -0.4 is 21.9 Å². The summed E-state index contributed by atoms with van der Waals surface area (Å²) in [6, 6.07) is 4.21. The third kappa shape index (κ3) is 6.07. The van der Waals surface area contributed by atoms with E-state index in [1.165, 1.54) is 33.7 Å². The van der Waals surface area contributed by atoms with Crippen LogP contribution in [0.15, 0.2) is 33.9 Å². The van der Waals surface area contributed by atoms with Crippen molar-refractivity contribution in [3.8, 4) is 0 Å². The van der Waals surface area contributed by atoms with Gasteiger partial charge < -0.3 is 10.6 Å². The molecule has 0 unspecified atom stereocenters. The largest absolute Gasteiger partial charge is 0.383 e. The number of anilines is 2. The van der Waals surface area contributed by atoms with E-state index in [1.54, 1.807) is 0 Å². The Balaban J connectivity index is 2.51. The molecule has 2 aromatic rings. The molecule has 168 valence electrons. The van der Waals surface area contributed by atoms with Crippen molar-refractivity contribution in [3.05, 3.63) is 61.5 Å². The number of amides is 1. The van der Waals surface area contributed by atoms with Gasteiger partial charge in [0.15, 0.2) is 5.69 Å². The number of rotatable bonds is 9. The molecule has 0 aliphatic rings. The summed E-state index contributed by atoms with van der Waals surface area (Å²) in [7, 11) is 0. The van der Waals surface area contributed by atoms with E-state index in [2.05, 4.69) is 4.98 Å². The second-order valence-electron chi connectivity index (χ2n) is 7.64. The van der Waals surface area contributed by atoms with Gasteiger partial charge in [0, 0.05) is 24.7 Å². The van der Waals surface area contributed by atoms with Crippen molar-refractivity contribution >= 4 is 35.1 Å². The Kier molecular flexibility index (Phi) is 8.62. The second-order valence-corrected chi connectivity index (χ2v) is 8.05. The van der Waals surface area contributed by atoms with Crippen LogP contribution in [0, 0.1) is 11.7 Å². The van der Waals surface area contributed by atoms with Crippen molar-refractivity contribution in [1.82, 2.24) is 9.55 Å². The molecule has 7 nitrogen and oxygen atoms in total. The van der Waals surface area contributed by atoms with Gasteiger partial charge in [-0.25, -0.2) is 9.18 Å². The normalized spacial score (nSPS) is 11.4. The number of carbonyl (C=O) groups excluding carboxylic acids is 1. The van der Waals surface area contributed by atoms with E-state index in [9.17, 15) is 18.8 Å². The van der Waals surface area contributed by atoms with Gasteiger partial charge in [-0.1, -0.05) is 44.9 Å². The van der Waals surface area contributed by atoms with Gasteiger partial charge in [-0.15, -0.1) is 0 Å². The van der Waals surface area contributed by atoms with E-state index >= 15 is 0 Å². The molecule has 9 heteroatoms. The van der Waals surface area contributed by atoms with Crippen molar-refractivity contribution in [2.75, 3.05) is 17.2 Å². The molecule has 1 amide bonds. The lowest BCUT2D eigenvalue weighted by atomic mass is 10.1. The zero-order valence-corrected chi connectivity index (χ0v) is 18.7. The Morgan fingerprint density at radius 1 is 1.35 bits per heavy atom. The summed E-state index contributed by atoms with van der Waals surface area (Å²) in [4.78, 5) is 41.3. The summed E-state index contributed by atoms with van der Waals surface area (Å²) < 4.78 is 15.3. The number of hydrogen-bond donors (Lipinski definition) is 2. The fraction of sp³-hybridized carbons (Fsp3) is 0.409. The van der Waals surface area contributed by atoms with Crippen LogP contribution in [-0.4, -0.2) is 22.0 Å². The van der Waals surface area contributed by atoms with E-state index in [4.69, 9.17) is 17.3 Å². The maximum absolute atomic E-state index is 14.0. The highest BCUT2D eigenvalue weighted by Crippen LogP contribution is 2.22. The Hall–Kier alpha value is -2.87. The van der Waals surface area contributed by atoms with Crippen molar-refractivity contribution in [2.24, 2.45) is 5.92 Å². The topological polar surface area (TPSA) is 101 Å². The molecule has 0 fully saturated rings. The van der Waals surface area contributed by atoms with Gasteiger partial charge in [0.25, 0.3) is 11.5 Å². The fourth-order valence-corrected chi connectivity index (χ4v) is 3.24. The lowest BCUT2D eigenvalue weighted by Crippen LogP contribution is -2.41. The highest BCUT2D eigenvalue weighted by molar-refractivity contribution is 6.32. The minimum atomic E-state index is -0.746. The number of nitrogens with one attached hydrogen (secondary N) is 1. The highest BCUT2D eigenvalue weighted by atomic mass is 35.5. The van der Waals surface area contributed by atoms with Gasteiger partial charge in [0.1, 0.15) is 11.6 Å². The summed E-state index contributed by atoms with van der Waals surface area (Å²) in [5.41, 5.74) is 4.78. The van der Waals surface area contributed by atoms with Gasteiger partial charge >= 0.3 is 5.69 Å². The summed E-state index contributed by atoms with van der Waals surface area (Å²) in [6.45, 7) is 6.44. The average Bonchev–Trinajstić information content (AvgIpc) is 2.69. The zero-order chi connectivity index (χ0) is 23.1. The molecule has 0 atom stereocenters. The van der Waals surface area contributed by atoms with Gasteiger partial charge in [-0.3, -0.25) is 19.1 Å². The van der Waals surface area contributed by atoms with E-state index < -0.39 is 23.0 Å². The monoisotopic (exact) mass is 450 g/mol. The van der Waals surface area contributed by atoms with Gasteiger partial charge in [-0.2, -0.15) is 0 Å². The number of aromatic nitrogens is 2. The predicted molar refractivity (Wildman–Crippen MR) is 123 cm³/mol. The molecule has 0 aliphatic heterocycles. The number of hydrogen-bond acceptors (Lipinski definition) is 4. The Morgan fingerprint density at radius 3 is 2.68 bits per heavy atom. The van der Waals surface area contributed by atoms with Crippen LogP contribution in [0.1, 0.15) is 45.6 Å². The second kappa shape index (κ2) is 10.9. The minimum Gasteiger partial charge on any atom is -0.383 e. The maximum atomic E-state index is 14.0. The molecule has 1 heterocycles. The van der Waals surface area contributed by atoms with Crippen LogP contribution in [0.2, 0.25) is 5.02 Å².